The summed E-state index contributed by atoms with van der Waals surface area (Å²) in [4.78, 5) is 4.68. The molecule has 0 radical (unpaired) electrons. The average molecular weight is 346 g/mol. The van der Waals surface area contributed by atoms with Gasteiger partial charge in [-0.1, -0.05) is 6.92 Å². The number of imidazole rings is 1. The lowest BCUT2D eigenvalue weighted by atomic mass is 10.2. The Hall–Kier alpha value is -2.01. The minimum Gasteiger partial charge on any atom is -0.495 e. The fraction of sp³-hybridized carbons (Fsp3) is 0.188. The van der Waals surface area contributed by atoms with Gasteiger partial charge in [0.1, 0.15) is 11.6 Å². The normalized spacial score (nSPS) is 11.0. The van der Waals surface area contributed by atoms with Crippen LogP contribution < -0.4 is 10.5 Å². The summed E-state index contributed by atoms with van der Waals surface area (Å²) in [7, 11) is 1.66. The predicted octanol–water partition coefficient (Wildman–Crippen LogP) is 3.94. The van der Waals surface area contributed by atoms with Crippen LogP contribution in [0.3, 0.4) is 0 Å². The number of halogens is 1. The number of aryl methyl sites for hydroxylation is 1. The molecule has 0 aliphatic rings. The van der Waals surface area contributed by atoms with Gasteiger partial charge < -0.3 is 10.5 Å². The minimum absolute atomic E-state index is 0.725. The van der Waals surface area contributed by atoms with Crippen LogP contribution in [0.2, 0.25) is 0 Å². The molecule has 0 saturated carbocycles. The van der Waals surface area contributed by atoms with E-state index in [1.165, 1.54) is 0 Å². The van der Waals surface area contributed by atoms with Gasteiger partial charge in [0.25, 0.3) is 0 Å². The molecule has 0 saturated heterocycles. The Kier molecular flexibility index (Phi) is 3.59. The largest absolute Gasteiger partial charge is 0.495 e. The van der Waals surface area contributed by atoms with Crippen molar-refractivity contribution < 1.29 is 4.74 Å². The number of ether oxygens (including phenoxy) is 1. The van der Waals surface area contributed by atoms with Crippen molar-refractivity contribution in [1.29, 1.82) is 0 Å². The number of methoxy groups -OCH3 is 1. The Morgan fingerprint density at radius 1 is 1.24 bits per heavy atom. The third kappa shape index (κ3) is 2.38. The van der Waals surface area contributed by atoms with Crippen molar-refractivity contribution in [3.63, 3.8) is 0 Å². The number of nitrogens with zero attached hydrogens (tertiary/aromatic N) is 2. The van der Waals surface area contributed by atoms with Crippen LogP contribution in [0.25, 0.3) is 16.7 Å². The zero-order chi connectivity index (χ0) is 15.0. The number of anilines is 1. The zero-order valence-electron chi connectivity index (χ0n) is 11.9. The van der Waals surface area contributed by atoms with Gasteiger partial charge in [0.05, 0.1) is 28.3 Å². The van der Waals surface area contributed by atoms with Crippen LogP contribution in [-0.4, -0.2) is 16.7 Å². The molecule has 4 nitrogen and oxygen atoms in total. The highest BCUT2D eigenvalue weighted by molar-refractivity contribution is 9.10. The molecule has 0 amide bonds. The van der Waals surface area contributed by atoms with Crippen LogP contribution >= 0.6 is 15.9 Å². The summed E-state index contributed by atoms with van der Waals surface area (Å²) in [5, 5.41) is 0. The summed E-state index contributed by atoms with van der Waals surface area (Å²) in [5.41, 5.74) is 9.56. The first-order valence-corrected chi connectivity index (χ1v) is 7.54. The van der Waals surface area contributed by atoms with Crippen molar-refractivity contribution in [2.45, 2.75) is 13.3 Å². The standard InChI is InChI=1S/C16H16BrN3O/c1-3-16-19-13-8-10(18)4-7-14(13)20(16)11-5-6-12(17)15(9-11)21-2/h4-9H,3,18H2,1-2H3. The van der Waals surface area contributed by atoms with E-state index in [0.717, 1.165) is 44.9 Å². The lowest BCUT2D eigenvalue weighted by molar-refractivity contribution is 0.412. The SMILES string of the molecule is CCc1nc2cc(N)ccc2n1-c1ccc(Br)c(OC)c1. The van der Waals surface area contributed by atoms with Gasteiger partial charge in [-0.05, 0) is 46.3 Å². The van der Waals surface area contributed by atoms with Gasteiger partial charge in [-0.2, -0.15) is 0 Å². The molecule has 3 aromatic rings. The van der Waals surface area contributed by atoms with Crippen molar-refractivity contribution in [1.82, 2.24) is 9.55 Å². The molecular weight excluding hydrogens is 330 g/mol. The highest BCUT2D eigenvalue weighted by Crippen LogP contribution is 2.30. The van der Waals surface area contributed by atoms with Gasteiger partial charge >= 0.3 is 0 Å². The van der Waals surface area contributed by atoms with E-state index in [9.17, 15) is 0 Å². The second kappa shape index (κ2) is 5.41. The number of benzene rings is 2. The molecule has 2 aromatic carbocycles. The number of hydrogen-bond acceptors (Lipinski definition) is 3. The van der Waals surface area contributed by atoms with Gasteiger partial charge in [0.15, 0.2) is 0 Å². The number of nitrogens with two attached hydrogens (primary N) is 1. The van der Waals surface area contributed by atoms with Crippen LogP contribution in [0.15, 0.2) is 40.9 Å². The van der Waals surface area contributed by atoms with Gasteiger partial charge in [-0.15, -0.1) is 0 Å². The number of hydrogen-bond donors (Lipinski definition) is 1. The molecule has 2 N–H and O–H groups in total. The molecule has 21 heavy (non-hydrogen) atoms. The van der Waals surface area contributed by atoms with E-state index >= 15 is 0 Å². The first-order valence-electron chi connectivity index (χ1n) is 6.74. The molecule has 0 aliphatic carbocycles. The smallest absolute Gasteiger partial charge is 0.135 e. The lowest BCUT2D eigenvalue weighted by Gasteiger charge is -2.11. The van der Waals surface area contributed by atoms with Crippen LogP contribution in [0, 0.1) is 0 Å². The predicted molar refractivity (Wildman–Crippen MR) is 89.1 cm³/mol. The molecule has 0 atom stereocenters. The second-order valence-corrected chi connectivity index (χ2v) is 5.64. The zero-order valence-corrected chi connectivity index (χ0v) is 13.5. The molecule has 0 fully saturated rings. The monoisotopic (exact) mass is 345 g/mol. The Balaban J connectivity index is 2.28. The first kappa shape index (κ1) is 13.9. The molecule has 1 heterocycles. The van der Waals surface area contributed by atoms with Crippen molar-refractivity contribution in [2.24, 2.45) is 0 Å². The van der Waals surface area contributed by atoms with Crippen molar-refractivity contribution in [3.8, 4) is 11.4 Å². The Morgan fingerprint density at radius 2 is 2.05 bits per heavy atom. The molecule has 5 heteroatoms. The highest BCUT2D eigenvalue weighted by Gasteiger charge is 2.12. The van der Waals surface area contributed by atoms with Gasteiger partial charge in [0.2, 0.25) is 0 Å². The molecule has 0 spiro atoms. The molecule has 108 valence electrons. The van der Waals surface area contributed by atoms with E-state index in [1.54, 1.807) is 7.11 Å². The van der Waals surface area contributed by atoms with E-state index in [4.69, 9.17) is 10.5 Å². The van der Waals surface area contributed by atoms with E-state index in [0.29, 0.717) is 0 Å². The fourth-order valence-corrected chi connectivity index (χ4v) is 2.87. The van der Waals surface area contributed by atoms with Gasteiger partial charge in [-0.25, -0.2) is 4.98 Å². The molecule has 1 aromatic heterocycles. The van der Waals surface area contributed by atoms with E-state index in [1.807, 2.05) is 36.4 Å². The number of fused-ring (bicyclic) bond motifs is 1. The van der Waals surface area contributed by atoms with Crippen LogP contribution in [0.1, 0.15) is 12.7 Å². The van der Waals surface area contributed by atoms with Crippen molar-refractivity contribution >= 4 is 32.7 Å². The molecular formula is C16H16BrN3O. The molecule has 0 aliphatic heterocycles. The number of aromatic nitrogens is 2. The summed E-state index contributed by atoms with van der Waals surface area (Å²) in [6, 6.07) is 11.8. The maximum absolute atomic E-state index is 5.85. The fourth-order valence-electron chi connectivity index (χ4n) is 2.46. The van der Waals surface area contributed by atoms with E-state index in [2.05, 4.69) is 32.4 Å². The Bertz CT molecular complexity index is 811. The van der Waals surface area contributed by atoms with Gasteiger partial charge in [0, 0.05) is 18.2 Å². The maximum Gasteiger partial charge on any atom is 0.135 e. The van der Waals surface area contributed by atoms with Crippen LogP contribution in [-0.2, 0) is 6.42 Å². The Morgan fingerprint density at radius 3 is 2.76 bits per heavy atom. The lowest BCUT2D eigenvalue weighted by Crippen LogP contribution is -2.00. The minimum atomic E-state index is 0.725. The van der Waals surface area contributed by atoms with Crippen LogP contribution in [0.5, 0.6) is 5.75 Å². The van der Waals surface area contributed by atoms with Crippen molar-refractivity contribution in [3.05, 3.63) is 46.7 Å². The Labute approximate surface area is 131 Å². The summed E-state index contributed by atoms with van der Waals surface area (Å²) in [6.45, 7) is 2.09. The van der Waals surface area contributed by atoms with Gasteiger partial charge in [-0.3, -0.25) is 4.57 Å². The summed E-state index contributed by atoms with van der Waals surface area (Å²) < 4.78 is 8.46. The average Bonchev–Trinajstić information content (AvgIpc) is 2.85. The maximum atomic E-state index is 5.85. The van der Waals surface area contributed by atoms with E-state index < -0.39 is 0 Å². The third-order valence-electron chi connectivity index (χ3n) is 3.46. The first-order chi connectivity index (χ1) is 10.1. The molecule has 0 bridgehead atoms. The summed E-state index contributed by atoms with van der Waals surface area (Å²) in [6.07, 6.45) is 0.840. The summed E-state index contributed by atoms with van der Waals surface area (Å²) >= 11 is 3.48. The molecule has 0 unspecified atom stereocenters. The summed E-state index contributed by atoms with van der Waals surface area (Å²) in [5.74, 6) is 1.80. The number of nitrogen functional groups attached to an aromatic ring is 1. The van der Waals surface area contributed by atoms with Crippen molar-refractivity contribution in [2.75, 3.05) is 12.8 Å². The third-order valence-corrected chi connectivity index (χ3v) is 4.11. The van der Waals surface area contributed by atoms with E-state index in [-0.39, 0.29) is 0 Å². The molecule has 3 rings (SSSR count). The second-order valence-electron chi connectivity index (χ2n) is 4.78. The highest BCUT2D eigenvalue weighted by atomic mass is 79.9. The number of rotatable bonds is 3. The van der Waals surface area contributed by atoms with Crippen LogP contribution in [0.4, 0.5) is 5.69 Å². The quantitative estimate of drug-likeness (QED) is 0.731. The topological polar surface area (TPSA) is 53.1 Å².